The molecule has 1 aliphatic rings. The number of ether oxygens (including phenoxy) is 2. The Morgan fingerprint density at radius 2 is 1.96 bits per heavy atom. The monoisotopic (exact) mass is 317 g/mol. The Balaban J connectivity index is 2.07. The van der Waals surface area contributed by atoms with Crippen LogP contribution in [0, 0.1) is 0 Å². The molecule has 2 aromatic carbocycles. The summed E-state index contributed by atoms with van der Waals surface area (Å²) in [5.74, 6) is -1.88. The number of benzene rings is 2. The number of carbonyl (C=O) groups is 1. The third kappa shape index (κ3) is 2.40. The summed E-state index contributed by atoms with van der Waals surface area (Å²) in [5.41, 5.74) is 0.0826. The summed E-state index contributed by atoms with van der Waals surface area (Å²) in [6, 6.07) is 6.25. The van der Waals surface area contributed by atoms with E-state index in [4.69, 9.17) is 9.47 Å². The number of aliphatic hydroxyl groups excluding tert-OH is 1. The van der Waals surface area contributed by atoms with Gasteiger partial charge < -0.3 is 29.9 Å². The molecule has 0 aromatic heterocycles. The highest BCUT2D eigenvalue weighted by Gasteiger charge is 2.37. The highest BCUT2D eigenvalue weighted by molar-refractivity contribution is 6.05. The normalized spacial score (nSPS) is 19.8. The van der Waals surface area contributed by atoms with Crippen molar-refractivity contribution in [3.8, 4) is 28.7 Å². The quantitative estimate of drug-likeness (QED) is 0.751. The minimum absolute atomic E-state index is 0.0951. The van der Waals surface area contributed by atoms with E-state index in [-0.39, 0.29) is 28.6 Å². The van der Waals surface area contributed by atoms with E-state index in [1.165, 1.54) is 25.3 Å². The van der Waals surface area contributed by atoms with Crippen LogP contribution in [0.15, 0.2) is 30.3 Å². The Bertz CT molecular complexity index is 784. The van der Waals surface area contributed by atoms with Crippen molar-refractivity contribution in [1.29, 1.82) is 0 Å². The van der Waals surface area contributed by atoms with E-state index in [0.717, 1.165) is 12.1 Å². The lowest BCUT2D eigenvalue weighted by Gasteiger charge is -2.32. The predicted molar refractivity (Wildman–Crippen MR) is 75.9 cm³/mol. The van der Waals surface area contributed by atoms with Crippen LogP contribution < -0.4 is 14.6 Å². The molecule has 120 valence electrons. The number of hydrogen-bond acceptors (Lipinski definition) is 7. The molecule has 0 saturated heterocycles. The van der Waals surface area contributed by atoms with Gasteiger partial charge in [-0.1, -0.05) is 11.8 Å². The highest BCUT2D eigenvalue weighted by atomic mass is 16.5. The molecule has 3 N–H and O–H groups in total. The molecular formula is C16H13O7-. The van der Waals surface area contributed by atoms with Gasteiger partial charge in [-0.05, 0) is 23.8 Å². The van der Waals surface area contributed by atoms with Crippen molar-refractivity contribution in [1.82, 2.24) is 0 Å². The number of aromatic hydroxyl groups is 2. The van der Waals surface area contributed by atoms with Crippen LogP contribution in [0.25, 0.3) is 0 Å². The first-order valence-corrected chi connectivity index (χ1v) is 6.72. The van der Waals surface area contributed by atoms with E-state index in [9.17, 15) is 25.2 Å². The molecule has 1 heterocycles. The van der Waals surface area contributed by atoms with Crippen LogP contribution in [0.1, 0.15) is 22.0 Å². The van der Waals surface area contributed by atoms with Crippen LogP contribution in [-0.2, 0) is 0 Å². The van der Waals surface area contributed by atoms with Gasteiger partial charge in [-0.15, -0.1) is 0 Å². The van der Waals surface area contributed by atoms with Crippen LogP contribution in [0.3, 0.4) is 0 Å². The Labute approximate surface area is 131 Å². The summed E-state index contributed by atoms with van der Waals surface area (Å²) in [6.07, 6.45) is -2.68. The number of carbonyl (C=O) groups excluding carboxylic acids is 1. The SMILES string of the molecule is COc1cc([C@H]2Oc3cc(O)cc([O-])c3C(=O)[C@@H]2O)ccc1O. The first-order valence-electron chi connectivity index (χ1n) is 6.72. The molecule has 0 unspecified atom stereocenters. The van der Waals surface area contributed by atoms with Crippen molar-refractivity contribution in [3.05, 3.63) is 41.5 Å². The molecule has 0 radical (unpaired) electrons. The van der Waals surface area contributed by atoms with Crippen LogP contribution in [-0.4, -0.2) is 34.3 Å². The third-order valence-electron chi connectivity index (χ3n) is 3.64. The largest absolute Gasteiger partial charge is 0.872 e. The van der Waals surface area contributed by atoms with Gasteiger partial charge in [0.1, 0.15) is 11.5 Å². The first kappa shape index (κ1) is 15.0. The molecule has 0 spiro atoms. The van der Waals surface area contributed by atoms with Gasteiger partial charge in [-0.2, -0.15) is 0 Å². The number of ketones is 1. The molecule has 1 aliphatic heterocycles. The molecule has 0 amide bonds. The number of methoxy groups -OCH3 is 1. The highest BCUT2D eigenvalue weighted by Crippen LogP contribution is 2.42. The molecule has 3 rings (SSSR count). The summed E-state index contributed by atoms with van der Waals surface area (Å²) in [6.45, 7) is 0. The zero-order valence-electron chi connectivity index (χ0n) is 12.0. The molecular weight excluding hydrogens is 304 g/mol. The molecule has 0 bridgehead atoms. The topological polar surface area (TPSA) is 119 Å². The van der Waals surface area contributed by atoms with Gasteiger partial charge in [0.25, 0.3) is 0 Å². The van der Waals surface area contributed by atoms with Crippen molar-refractivity contribution in [3.63, 3.8) is 0 Å². The van der Waals surface area contributed by atoms with Gasteiger partial charge in [-0.3, -0.25) is 4.79 Å². The standard InChI is InChI=1S/C16H14O7/c1-22-11-4-7(2-3-9(11)18)16-15(21)14(20)13-10(19)5-8(17)6-12(13)23-16/h2-6,15-19,21H,1H3/p-1/t15-,16+/m0/s1. The molecule has 7 nitrogen and oxygen atoms in total. The van der Waals surface area contributed by atoms with E-state index in [1.54, 1.807) is 0 Å². The predicted octanol–water partition coefficient (Wildman–Crippen LogP) is 0.857. The number of fused-ring (bicyclic) bond motifs is 1. The molecule has 23 heavy (non-hydrogen) atoms. The average Bonchev–Trinajstić information content (AvgIpc) is 2.50. The van der Waals surface area contributed by atoms with Gasteiger partial charge >= 0.3 is 0 Å². The number of phenols is 2. The van der Waals surface area contributed by atoms with E-state index >= 15 is 0 Å². The lowest BCUT2D eigenvalue weighted by Crippen LogP contribution is -2.36. The van der Waals surface area contributed by atoms with Gasteiger partial charge in [0, 0.05) is 6.07 Å². The second-order valence-electron chi connectivity index (χ2n) is 5.10. The number of rotatable bonds is 2. The van der Waals surface area contributed by atoms with Crippen molar-refractivity contribution in [2.24, 2.45) is 0 Å². The van der Waals surface area contributed by atoms with E-state index in [1.807, 2.05) is 0 Å². The molecule has 2 atom stereocenters. The van der Waals surface area contributed by atoms with Crippen molar-refractivity contribution in [2.75, 3.05) is 7.11 Å². The Kier molecular flexibility index (Phi) is 3.49. The van der Waals surface area contributed by atoms with Crippen LogP contribution >= 0.6 is 0 Å². The van der Waals surface area contributed by atoms with Gasteiger partial charge in [0.2, 0.25) is 0 Å². The fraction of sp³-hybridized carbons (Fsp3) is 0.188. The van der Waals surface area contributed by atoms with Crippen LogP contribution in [0.5, 0.6) is 28.7 Å². The van der Waals surface area contributed by atoms with Crippen molar-refractivity contribution < 1.29 is 34.7 Å². The molecule has 0 fully saturated rings. The van der Waals surface area contributed by atoms with Crippen molar-refractivity contribution in [2.45, 2.75) is 12.2 Å². The van der Waals surface area contributed by atoms with Crippen molar-refractivity contribution >= 4 is 5.78 Å². The van der Waals surface area contributed by atoms with E-state index in [0.29, 0.717) is 5.56 Å². The zero-order chi connectivity index (χ0) is 16.7. The summed E-state index contributed by atoms with van der Waals surface area (Å²) < 4.78 is 10.5. The Morgan fingerprint density at radius 1 is 1.22 bits per heavy atom. The maximum atomic E-state index is 12.3. The number of Topliss-reactive ketones (excluding diaryl/α,β-unsaturated/α-hetero) is 1. The summed E-state index contributed by atoms with van der Waals surface area (Å²) in [7, 11) is 1.36. The maximum absolute atomic E-state index is 12.3. The smallest absolute Gasteiger partial charge is 0.198 e. The second kappa shape index (κ2) is 5.36. The van der Waals surface area contributed by atoms with Gasteiger partial charge in [0.15, 0.2) is 29.5 Å². The molecule has 7 heteroatoms. The van der Waals surface area contributed by atoms with E-state index < -0.39 is 23.7 Å². The molecule has 2 aromatic rings. The Morgan fingerprint density at radius 3 is 2.65 bits per heavy atom. The lowest BCUT2D eigenvalue weighted by atomic mass is 9.92. The third-order valence-corrected chi connectivity index (χ3v) is 3.64. The summed E-state index contributed by atoms with van der Waals surface area (Å²) >= 11 is 0. The fourth-order valence-corrected chi connectivity index (χ4v) is 2.52. The molecule has 0 saturated carbocycles. The average molecular weight is 317 g/mol. The first-order chi connectivity index (χ1) is 10.9. The van der Waals surface area contributed by atoms with Gasteiger partial charge in [0.05, 0.1) is 12.7 Å². The Hall–Kier alpha value is -2.93. The van der Waals surface area contributed by atoms with Crippen LogP contribution in [0.4, 0.5) is 0 Å². The second-order valence-corrected chi connectivity index (χ2v) is 5.10. The number of phenolic OH excluding ortho intramolecular Hbond substituents is 2. The minimum Gasteiger partial charge on any atom is -0.872 e. The fourth-order valence-electron chi connectivity index (χ4n) is 2.52. The summed E-state index contributed by atoms with van der Waals surface area (Å²) in [4.78, 5) is 12.3. The number of hydrogen-bond donors (Lipinski definition) is 3. The summed E-state index contributed by atoms with van der Waals surface area (Å²) in [5, 5.41) is 41.1. The minimum atomic E-state index is -1.59. The van der Waals surface area contributed by atoms with Crippen LogP contribution in [0.2, 0.25) is 0 Å². The molecule has 0 aliphatic carbocycles. The lowest BCUT2D eigenvalue weighted by molar-refractivity contribution is -0.269. The number of aliphatic hydroxyl groups is 1. The van der Waals surface area contributed by atoms with E-state index in [2.05, 4.69) is 0 Å². The zero-order valence-corrected chi connectivity index (χ0v) is 12.0. The maximum Gasteiger partial charge on any atom is 0.198 e. The van der Waals surface area contributed by atoms with Gasteiger partial charge in [-0.25, -0.2) is 0 Å².